The third kappa shape index (κ3) is 3.59. The molecule has 10 heteroatoms. The molecule has 6 nitrogen and oxygen atoms in total. The Balaban J connectivity index is 2.11. The zero-order chi connectivity index (χ0) is 19.8. The molecule has 0 atom stereocenters. The molecule has 2 aromatic heterocycles. The van der Waals surface area contributed by atoms with E-state index in [1.54, 1.807) is 5.32 Å². The van der Waals surface area contributed by atoms with Crippen LogP contribution in [0, 0.1) is 5.82 Å². The van der Waals surface area contributed by atoms with Crippen LogP contribution >= 0.6 is 0 Å². The van der Waals surface area contributed by atoms with Gasteiger partial charge in [0, 0.05) is 12.6 Å². The second-order valence-electron chi connectivity index (χ2n) is 5.51. The number of rotatable bonds is 3. The molecule has 2 amide bonds. The number of alkyl halides is 3. The number of anilines is 1. The Morgan fingerprint density at radius 2 is 1.74 bits per heavy atom. The van der Waals surface area contributed by atoms with Gasteiger partial charge in [0.2, 0.25) is 0 Å². The first-order chi connectivity index (χ1) is 12.7. The lowest BCUT2D eigenvalue weighted by molar-refractivity contribution is -0.167. The molecule has 3 rings (SSSR count). The number of benzene rings is 1. The van der Waals surface area contributed by atoms with Crippen molar-refractivity contribution in [3.05, 3.63) is 54.0 Å². The molecule has 0 aliphatic heterocycles. The van der Waals surface area contributed by atoms with Gasteiger partial charge in [0.05, 0.1) is 23.0 Å². The highest BCUT2D eigenvalue weighted by Crippen LogP contribution is 2.28. The van der Waals surface area contributed by atoms with Crippen LogP contribution in [0.3, 0.4) is 0 Å². The Kier molecular flexibility index (Phi) is 4.56. The summed E-state index contributed by atoms with van der Waals surface area (Å²) >= 11 is 0. The standard InChI is InChI=1S/C17H12F4N4O2/c1-22-15(26)13-12-7-6-11(23-16(27)17(19,20)21)8-25(12)24-14(13)9-2-4-10(18)5-3-9/h2-8H,1H3,(H,22,26)(H,23,27). The van der Waals surface area contributed by atoms with Gasteiger partial charge in [-0.1, -0.05) is 0 Å². The highest BCUT2D eigenvalue weighted by Gasteiger charge is 2.38. The molecule has 2 heterocycles. The van der Waals surface area contributed by atoms with Crippen molar-refractivity contribution in [2.24, 2.45) is 0 Å². The van der Waals surface area contributed by atoms with Crippen molar-refractivity contribution < 1.29 is 27.2 Å². The Labute approximate surface area is 149 Å². The number of nitrogens with one attached hydrogen (secondary N) is 2. The highest BCUT2D eigenvalue weighted by atomic mass is 19.4. The highest BCUT2D eigenvalue weighted by molar-refractivity contribution is 6.06. The van der Waals surface area contributed by atoms with Crippen molar-refractivity contribution in [2.75, 3.05) is 12.4 Å². The van der Waals surface area contributed by atoms with Crippen LogP contribution in [-0.2, 0) is 4.79 Å². The molecule has 140 valence electrons. The van der Waals surface area contributed by atoms with Gasteiger partial charge in [-0.25, -0.2) is 8.91 Å². The second kappa shape index (κ2) is 6.71. The van der Waals surface area contributed by atoms with Gasteiger partial charge >= 0.3 is 12.1 Å². The van der Waals surface area contributed by atoms with E-state index in [4.69, 9.17) is 0 Å². The normalized spacial score (nSPS) is 11.4. The first-order valence-electron chi connectivity index (χ1n) is 7.59. The third-order valence-electron chi connectivity index (χ3n) is 3.72. The van der Waals surface area contributed by atoms with Gasteiger partial charge in [0.25, 0.3) is 5.91 Å². The maximum Gasteiger partial charge on any atom is 0.471 e. The number of halogens is 4. The Morgan fingerprint density at radius 3 is 2.33 bits per heavy atom. The molecule has 1 aromatic carbocycles. The van der Waals surface area contributed by atoms with Gasteiger partial charge in [-0.2, -0.15) is 18.3 Å². The summed E-state index contributed by atoms with van der Waals surface area (Å²) in [7, 11) is 1.41. The molecule has 2 N–H and O–H groups in total. The van der Waals surface area contributed by atoms with Gasteiger partial charge in [-0.3, -0.25) is 9.59 Å². The summed E-state index contributed by atoms with van der Waals surface area (Å²) in [6.07, 6.45) is -3.88. The van der Waals surface area contributed by atoms with Crippen molar-refractivity contribution in [2.45, 2.75) is 6.18 Å². The van der Waals surface area contributed by atoms with E-state index in [2.05, 4.69) is 10.4 Å². The van der Waals surface area contributed by atoms with Crippen LogP contribution in [0.4, 0.5) is 23.2 Å². The molecule has 0 fully saturated rings. The average molecular weight is 380 g/mol. The fraction of sp³-hybridized carbons (Fsp3) is 0.118. The molecule has 0 aliphatic rings. The number of hydrogen-bond acceptors (Lipinski definition) is 3. The van der Waals surface area contributed by atoms with Crippen molar-refractivity contribution in [1.82, 2.24) is 14.9 Å². The van der Waals surface area contributed by atoms with E-state index in [9.17, 15) is 27.2 Å². The SMILES string of the molecule is CNC(=O)c1c(-c2ccc(F)cc2)nn2cc(NC(=O)C(F)(F)F)ccc12. The zero-order valence-electron chi connectivity index (χ0n) is 13.8. The quantitative estimate of drug-likeness (QED) is 0.686. The lowest BCUT2D eigenvalue weighted by Gasteiger charge is -2.08. The van der Waals surface area contributed by atoms with Gasteiger partial charge in [0.1, 0.15) is 11.5 Å². The first kappa shape index (κ1) is 18.4. The lowest BCUT2D eigenvalue weighted by atomic mass is 10.1. The second-order valence-corrected chi connectivity index (χ2v) is 5.51. The van der Waals surface area contributed by atoms with Crippen LogP contribution < -0.4 is 10.6 Å². The molecule has 3 aromatic rings. The molecule has 0 saturated carbocycles. The number of carbonyl (C=O) groups excluding carboxylic acids is 2. The predicted molar refractivity (Wildman–Crippen MR) is 88.7 cm³/mol. The van der Waals surface area contributed by atoms with Crippen LogP contribution in [0.25, 0.3) is 16.8 Å². The molecular weight excluding hydrogens is 368 g/mol. The third-order valence-corrected chi connectivity index (χ3v) is 3.72. The minimum atomic E-state index is -5.04. The molecule has 0 radical (unpaired) electrons. The molecule has 0 saturated heterocycles. The van der Waals surface area contributed by atoms with Crippen molar-refractivity contribution in [3.8, 4) is 11.3 Å². The van der Waals surface area contributed by atoms with E-state index < -0.39 is 23.8 Å². The number of aromatic nitrogens is 2. The van der Waals surface area contributed by atoms with Crippen molar-refractivity contribution >= 4 is 23.0 Å². The predicted octanol–water partition coefficient (Wildman–Crippen LogP) is 3.00. The zero-order valence-corrected chi connectivity index (χ0v) is 13.8. The van der Waals surface area contributed by atoms with Gasteiger partial charge < -0.3 is 10.6 Å². The van der Waals surface area contributed by atoms with E-state index in [0.717, 1.165) is 6.20 Å². The fourth-order valence-corrected chi connectivity index (χ4v) is 2.48. The van der Waals surface area contributed by atoms with Crippen LogP contribution in [0.15, 0.2) is 42.6 Å². The number of amides is 2. The molecular formula is C17H12F4N4O2. The maximum absolute atomic E-state index is 13.2. The van der Waals surface area contributed by atoms with E-state index in [1.807, 2.05) is 0 Å². The summed E-state index contributed by atoms with van der Waals surface area (Å²) in [6.45, 7) is 0. The summed E-state index contributed by atoms with van der Waals surface area (Å²) in [5.74, 6) is -3.07. The molecule has 0 spiro atoms. The fourth-order valence-electron chi connectivity index (χ4n) is 2.48. The summed E-state index contributed by atoms with van der Waals surface area (Å²) in [4.78, 5) is 23.4. The van der Waals surface area contributed by atoms with E-state index in [1.165, 1.54) is 48.0 Å². The Hall–Kier alpha value is -3.43. The van der Waals surface area contributed by atoms with Gasteiger partial charge in [-0.15, -0.1) is 0 Å². The van der Waals surface area contributed by atoms with Crippen LogP contribution in [0.2, 0.25) is 0 Å². The summed E-state index contributed by atoms with van der Waals surface area (Å²) in [5, 5.41) is 8.39. The van der Waals surface area contributed by atoms with Gasteiger partial charge in [-0.05, 0) is 36.4 Å². The van der Waals surface area contributed by atoms with Crippen molar-refractivity contribution in [3.63, 3.8) is 0 Å². The number of carbonyl (C=O) groups is 2. The Morgan fingerprint density at radius 1 is 1.07 bits per heavy atom. The number of pyridine rings is 1. The van der Waals surface area contributed by atoms with Crippen molar-refractivity contribution in [1.29, 1.82) is 0 Å². The smallest absolute Gasteiger partial charge is 0.355 e. The van der Waals surface area contributed by atoms with Gasteiger partial charge in [0.15, 0.2) is 0 Å². The van der Waals surface area contributed by atoms with E-state index >= 15 is 0 Å². The van der Waals surface area contributed by atoms with Crippen LogP contribution in [0.1, 0.15) is 10.4 Å². The van der Waals surface area contributed by atoms with E-state index in [-0.39, 0.29) is 16.9 Å². The Bertz CT molecular complexity index is 1030. The summed E-state index contributed by atoms with van der Waals surface area (Å²) in [5.41, 5.74) is 0.978. The molecule has 0 aliphatic carbocycles. The molecule has 0 bridgehead atoms. The summed E-state index contributed by atoms with van der Waals surface area (Å²) < 4.78 is 51.6. The number of hydrogen-bond donors (Lipinski definition) is 2. The monoisotopic (exact) mass is 380 g/mol. The number of fused-ring (bicyclic) bond motifs is 1. The molecule has 0 unspecified atom stereocenters. The maximum atomic E-state index is 13.2. The average Bonchev–Trinajstić information content (AvgIpc) is 2.99. The largest absolute Gasteiger partial charge is 0.471 e. The van der Waals surface area contributed by atoms with E-state index in [0.29, 0.717) is 11.1 Å². The molecule has 27 heavy (non-hydrogen) atoms. The lowest BCUT2D eigenvalue weighted by Crippen LogP contribution is -2.30. The van der Waals surface area contributed by atoms with Crippen LogP contribution in [0.5, 0.6) is 0 Å². The topological polar surface area (TPSA) is 75.5 Å². The minimum Gasteiger partial charge on any atom is -0.355 e. The summed E-state index contributed by atoms with van der Waals surface area (Å²) in [6, 6.07) is 7.83. The number of nitrogens with zero attached hydrogens (tertiary/aromatic N) is 2. The minimum absolute atomic E-state index is 0.151. The first-order valence-corrected chi connectivity index (χ1v) is 7.59. The van der Waals surface area contributed by atoms with Crippen LogP contribution in [-0.4, -0.2) is 34.7 Å².